The fraction of sp³-hybridized carbons (Fsp3) is 0.429. The molecule has 0 unspecified atom stereocenters. The predicted octanol–water partition coefficient (Wildman–Crippen LogP) is 5.02. The summed E-state index contributed by atoms with van der Waals surface area (Å²) < 4.78 is 13.1. The van der Waals surface area contributed by atoms with Crippen molar-refractivity contribution >= 4 is 28.4 Å². The van der Waals surface area contributed by atoms with Gasteiger partial charge in [0.05, 0.1) is 6.54 Å². The van der Waals surface area contributed by atoms with Gasteiger partial charge in [-0.1, -0.05) is 50.3 Å². The summed E-state index contributed by atoms with van der Waals surface area (Å²) in [4.78, 5) is 29.7. The monoisotopic (exact) mass is 473 g/mol. The Hall–Kier alpha value is -3.48. The van der Waals surface area contributed by atoms with Crippen LogP contribution in [0.1, 0.15) is 62.4 Å². The number of hydrogen-bond donors (Lipinski definition) is 1. The van der Waals surface area contributed by atoms with Gasteiger partial charge < -0.3 is 19.4 Å². The second kappa shape index (κ2) is 8.63. The molecule has 7 nitrogen and oxygen atoms in total. The normalized spacial score (nSPS) is 22.5. The summed E-state index contributed by atoms with van der Waals surface area (Å²) >= 11 is 0. The molecule has 3 heterocycles. The number of carbonyl (C=O) groups is 2. The van der Waals surface area contributed by atoms with Crippen LogP contribution < -0.4 is 19.7 Å². The SMILES string of the molecule is C[C@]1(C(=O)NC2CCCCCCC2)Cn2c(cc3ccccc32)C(=O)N1c1ccc2c(c1)OCO2. The number of rotatable bonds is 3. The number of nitrogens with one attached hydrogen (secondary N) is 1. The number of hydrogen-bond acceptors (Lipinski definition) is 4. The van der Waals surface area contributed by atoms with Crippen molar-refractivity contribution in [3.8, 4) is 11.5 Å². The minimum Gasteiger partial charge on any atom is -0.454 e. The highest BCUT2D eigenvalue weighted by atomic mass is 16.7. The number of nitrogens with zero attached hydrogens (tertiary/aromatic N) is 2. The van der Waals surface area contributed by atoms with Crippen LogP contribution in [0.2, 0.25) is 0 Å². The highest BCUT2D eigenvalue weighted by molar-refractivity contribution is 6.14. The van der Waals surface area contributed by atoms with Crippen molar-refractivity contribution in [2.45, 2.75) is 70.0 Å². The van der Waals surface area contributed by atoms with Gasteiger partial charge in [-0.2, -0.15) is 0 Å². The minimum absolute atomic E-state index is 0.113. The van der Waals surface area contributed by atoms with Crippen LogP contribution in [-0.2, 0) is 11.3 Å². The van der Waals surface area contributed by atoms with Gasteiger partial charge >= 0.3 is 0 Å². The van der Waals surface area contributed by atoms with Gasteiger partial charge in [0.1, 0.15) is 11.2 Å². The molecule has 7 heteroatoms. The maximum absolute atomic E-state index is 14.1. The average molecular weight is 474 g/mol. The Bertz CT molecular complexity index is 1290. The third-order valence-corrected chi connectivity index (χ3v) is 7.74. The zero-order chi connectivity index (χ0) is 24.0. The maximum Gasteiger partial charge on any atom is 0.275 e. The minimum atomic E-state index is -1.11. The molecule has 0 radical (unpaired) electrons. The first-order chi connectivity index (χ1) is 17.0. The Kier molecular flexibility index (Phi) is 5.43. The lowest BCUT2D eigenvalue weighted by Gasteiger charge is -2.44. The molecule has 0 saturated heterocycles. The zero-order valence-corrected chi connectivity index (χ0v) is 20.1. The largest absolute Gasteiger partial charge is 0.454 e. The van der Waals surface area contributed by atoms with E-state index in [2.05, 4.69) is 5.32 Å². The Morgan fingerprint density at radius 3 is 2.54 bits per heavy atom. The van der Waals surface area contributed by atoms with E-state index in [-0.39, 0.29) is 24.6 Å². The number of anilines is 1. The van der Waals surface area contributed by atoms with E-state index in [0.29, 0.717) is 29.4 Å². The molecule has 0 bridgehead atoms. The topological polar surface area (TPSA) is 72.8 Å². The highest BCUT2D eigenvalue weighted by Crippen LogP contribution is 2.41. The molecule has 1 saturated carbocycles. The molecule has 0 spiro atoms. The van der Waals surface area contributed by atoms with Gasteiger partial charge in [-0.15, -0.1) is 0 Å². The molecule has 1 atom stereocenters. The van der Waals surface area contributed by atoms with Crippen molar-refractivity contribution in [2.24, 2.45) is 0 Å². The molecule has 2 aliphatic heterocycles. The molecule has 1 N–H and O–H groups in total. The third kappa shape index (κ3) is 3.74. The summed E-state index contributed by atoms with van der Waals surface area (Å²) in [6, 6.07) is 15.5. The first-order valence-corrected chi connectivity index (χ1v) is 12.7. The van der Waals surface area contributed by atoms with E-state index in [0.717, 1.165) is 36.6 Å². The first kappa shape index (κ1) is 22.0. The summed E-state index contributed by atoms with van der Waals surface area (Å²) in [5.74, 6) is 0.927. The molecule has 3 aromatic rings. The zero-order valence-electron chi connectivity index (χ0n) is 20.1. The molecule has 35 heavy (non-hydrogen) atoms. The van der Waals surface area contributed by atoms with E-state index >= 15 is 0 Å². The number of aromatic nitrogens is 1. The number of benzene rings is 2. The fourth-order valence-corrected chi connectivity index (χ4v) is 5.82. The summed E-state index contributed by atoms with van der Waals surface area (Å²) in [6.07, 6.45) is 7.91. The Morgan fingerprint density at radius 2 is 1.71 bits per heavy atom. The summed E-state index contributed by atoms with van der Waals surface area (Å²) in [5.41, 5.74) is 1.07. The molecule has 1 aliphatic carbocycles. The van der Waals surface area contributed by atoms with Gasteiger partial charge in [0, 0.05) is 28.7 Å². The Morgan fingerprint density at radius 1 is 0.971 bits per heavy atom. The molecule has 1 fully saturated rings. The van der Waals surface area contributed by atoms with Crippen LogP contribution >= 0.6 is 0 Å². The van der Waals surface area contributed by atoms with Crippen LogP contribution in [0, 0.1) is 0 Å². The van der Waals surface area contributed by atoms with E-state index < -0.39 is 5.54 Å². The molecule has 1 aromatic heterocycles. The number of ether oxygens (including phenoxy) is 2. The number of carbonyl (C=O) groups excluding carboxylic acids is 2. The third-order valence-electron chi connectivity index (χ3n) is 7.74. The first-order valence-electron chi connectivity index (χ1n) is 12.7. The van der Waals surface area contributed by atoms with Crippen LogP contribution in [0.15, 0.2) is 48.5 Å². The van der Waals surface area contributed by atoms with Crippen molar-refractivity contribution in [2.75, 3.05) is 11.7 Å². The van der Waals surface area contributed by atoms with Crippen molar-refractivity contribution in [3.63, 3.8) is 0 Å². The number of para-hydroxylation sites is 1. The van der Waals surface area contributed by atoms with E-state index in [9.17, 15) is 9.59 Å². The van der Waals surface area contributed by atoms with Crippen molar-refractivity contribution in [3.05, 3.63) is 54.2 Å². The summed E-state index contributed by atoms with van der Waals surface area (Å²) in [7, 11) is 0. The molecule has 182 valence electrons. The van der Waals surface area contributed by atoms with Crippen LogP contribution in [0.25, 0.3) is 10.9 Å². The standard InChI is InChI=1S/C28H31N3O4/c1-28(27(33)29-20-10-5-3-2-4-6-11-20)17-30-22-12-8-7-9-19(22)15-23(30)26(32)31(28)21-13-14-24-25(16-21)35-18-34-24/h7-9,12-16,20H,2-6,10-11,17-18H2,1H3,(H,29,33)/t28-/m1/s1. The molecule has 2 amide bonds. The summed E-state index contributed by atoms with van der Waals surface area (Å²) in [6.45, 7) is 2.40. The van der Waals surface area contributed by atoms with Crippen molar-refractivity contribution in [1.82, 2.24) is 9.88 Å². The van der Waals surface area contributed by atoms with Gasteiger partial charge in [-0.25, -0.2) is 0 Å². The van der Waals surface area contributed by atoms with Gasteiger partial charge in [-0.3, -0.25) is 14.5 Å². The van der Waals surface area contributed by atoms with Crippen LogP contribution in [0.5, 0.6) is 11.5 Å². The highest BCUT2D eigenvalue weighted by Gasteiger charge is 2.49. The lowest BCUT2D eigenvalue weighted by molar-refractivity contribution is -0.127. The number of fused-ring (bicyclic) bond motifs is 4. The smallest absolute Gasteiger partial charge is 0.275 e. The van der Waals surface area contributed by atoms with E-state index in [1.807, 2.05) is 54.0 Å². The number of amides is 2. The van der Waals surface area contributed by atoms with Gasteiger partial charge in [0.2, 0.25) is 12.7 Å². The van der Waals surface area contributed by atoms with E-state index in [4.69, 9.17) is 9.47 Å². The summed E-state index contributed by atoms with van der Waals surface area (Å²) in [5, 5.41) is 4.33. The van der Waals surface area contributed by atoms with Crippen LogP contribution in [0.3, 0.4) is 0 Å². The van der Waals surface area contributed by atoms with Gasteiger partial charge in [0.25, 0.3) is 5.91 Å². The molecule has 3 aliphatic rings. The average Bonchev–Trinajstić information content (AvgIpc) is 3.45. The second-order valence-electron chi connectivity index (χ2n) is 10.1. The van der Waals surface area contributed by atoms with E-state index in [1.54, 1.807) is 11.0 Å². The van der Waals surface area contributed by atoms with Crippen LogP contribution in [-0.4, -0.2) is 34.8 Å². The van der Waals surface area contributed by atoms with E-state index in [1.165, 1.54) is 19.3 Å². The van der Waals surface area contributed by atoms with Crippen molar-refractivity contribution < 1.29 is 19.1 Å². The Balaban J connectivity index is 1.42. The second-order valence-corrected chi connectivity index (χ2v) is 10.1. The lowest BCUT2D eigenvalue weighted by atomic mass is 9.91. The molecular weight excluding hydrogens is 442 g/mol. The predicted molar refractivity (Wildman–Crippen MR) is 134 cm³/mol. The fourth-order valence-electron chi connectivity index (χ4n) is 5.82. The lowest BCUT2D eigenvalue weighted by Crippen LogP contribution is -2.65. The molecule has 6 rings (SSSR count). The Labute approximate surface area is 205 Å². The maximum atomic E-state index is 14.1. The van der Waals surface area contributed by atoms with Crippen molar-refractivity contribution in [1.29, 1.82) is 0 Å². The van der Waals surface area contributed by atoms with Gasteiger partial charge in [-0.05, 0) is 44.0 Å². The van der Waals surface area contributed by atoms with Crippen LogP contribution in [0.4, 0.5) is 5.69 Å². The molecule has 2 aromatic carbocycles. The molecular formula is C28H31N3O4. The van der Waals surface area contributed by atoms with Gasteiger partial charge in [0.15, 0.2) is 11.5 Å². The quantitative estimate of drug-likeness (QED) is 0.580.